The van der Waals surface area contributed by atoms with Crippen molar-refractivity contribution >= 4 is 27.3 Å². The monoisotopic (exact) mass is 339 g/mol. The third-order valence-corrected chi connectivity index (χ3v) is 4.87. The quantitative estimate of drug-likeness (QED) is 0.904. The number of thiophene rings is 1. The Hall–Kier alpha value is -0.750. The average Bonchev–Trinajstić information content (AvgIpc) is 2.92. The van der Waals surface area contributed by atoms with Crippen LogP contribution in [-0.4, -0.2) is 23.5 Å². The lowest BCUT2D eigenvalue weighted by Crippen LogP contribution is -2.32. The van der Waals surface area contributed by atoms with Gasteiger partial charge in [-0.3, -0.25) is 9.88 Å². The van der Waals surface area contributed by atoms with Gasteiger partial charge in [-0.15, -0.1) is 11.3 Å². The Kier molecular flexibility index (Phi) is 5.10. The standard InChI is InChI=1S/C14H18BrN3S/c1-10(14-4-3-5-19-14)18(2)13(7-16)11-6-12(15)9-17-8-11/h3-6,8-10,13H,7,16H2,1-2H3. The zero-order chi connectivity index (χ0) is 13.8. The van der Waals surface area contributed by atoms with Crippen LogP contribution in [0.3, 0.4) is 0 Å². The van der Waals surface area contributed by atoms with Crippen LogP contribution in [0.15, 0.2) is 40.4 Å². The molecule has 0 aliphatic carbocycles. The van der Waals surface area contributed by atoms with Gasteiger partial charge in [-0.05, 0) is 53.0 Å². The first-order chi connectivity index (χ1) is 9.13. The van der Waals surface area contributed by atoms with Gasteiger partial charge in [-0.25, -0.2) is 0 Å². The Bertz CT molecular complexity index is 515. The van der Waals surface area contributed by atoms with Crippen molar-refractivity contribution in [2.24, 2.45) is 5.73 Å². The fraction of sp³-hybridized carbons (Fsp3) is 0.357. The van der Waals surface area contributed by atoms with Gasteiger partial charge in [0.2, 0.25) is 0 Å². The molecule has 19 heavy (non-hydrogen) atoms. The van der Waals surface area contributed by atoms with Crippen LogP contribution in [0.25, 0.3) is 0 Å². The van der Waals surface area contributed by atoms with Crippen molar-refractivity contribution in [3.8, 4) is 0 Å². The van der Waals surface area contributed by atoms with Crippen LogP contribution in [0, 0.1) is 0 Å². The molecule has 2 aromatic heterocycles. The summed E-state index contributed by atoms with van der Waals surface area (Å²) in [5.41, 5.74) is 7.11. The molecule has 2 aromatic rings. The van der Waals surface area contributed by atoms with Crippen molar-refractivity contribution in [2.75, 3.05) is 13.6 Å². The molecule has 0 saturated carbocycles. The van der Waals surface area contributed by atoms with Gasteiger partial charge in [-0.1, -0.05) is 6.07 Å². The molecular weight excluding hydrogens is 322 g/mol. The zero-order valence-corrected chi connectivity index (χ0v) is 13.5. The van der Waals surface area contributed by atoms with E-state index in [1.807, 2.05) is 6.20 Å². The second-order valence-corrected chi connectivity index (χ2v) is 6.44. The second-order valence-electron chi connectivity index (χ2n) is 4.54. The Balaban J connectivity index is 2.22. The molecule has 0 saturated heterocycles. The molecule has 2 heterocycles. The van der Waals surface area contributed by atoms with Crippen molar-refractivity contribution in [2.45, 2.75) is 19.0 Å². The van der Waals surface area contributed by atoms with Gasteiger partial charge < -0.3 is 5.73 Å². The van der Waals surface area contributed by atoms with Gasteiger partial charge >= 0.3 is 0 Å². The van der Waals surface area contributed by atoms with E-state index in [1.165, 1.54) is 4.88 Å². The molecule has 0 aliphatic rings. The van der Waals surface area contributed by atoms with E-state index in [0.29, 0.717) is 12.6 Å². The lowest BCUT2D eigenvalue weighted by atomic mass is 10.1. The molecule has 3 nitrogen and oxygen atoms in total. The first-order valence-corrected chi connectivity index (χ1v) is 7.86. The van der Waals surface area contributed by atoms with E-state index < -0.39 is 0 Å². The van der Waals surface area contributed by atoms with Gasteiger partial charge in [0, 0.05) is 40.4 Å². The minimum Gasteiger partial charge on any atom is -0.329 e. The number of aromatic nitrogens is 1. The van der Waals surface area contributed by atoms with Gasteiger partial charge in [0.05, 0.1) is 0 Å². The van der Waals surface area contributed by atoms with Crippen LogP contribution < -0.4 is 5.73 Å². The SMILES string of the molecule is CC(c1cccs1)N(C)C(CN)c1cncc(Br)c1. The topological polar surface area (TPSA) is 42.1 Å². The van der Waals surface area contributed by atoms with E-state index >= 15 is 0 Å². The van der Waals surface area contributed by atoms with Gasteiger partial charge in [0.15, 0.2) is 0 Å². The molecule has 0 amide bonds. The molecule has 2 unspecified atom stereocenters. The average molecular weight is 340 g/mol. The number of halogens is 1. The summed E-state index contributed by atoms with van der Waals surface area (Å²) < 4.78 is 0.987. The van der Waals surface area contributed by atoms with E-state index in [4.69, 9.17) is 5.73 Å². The number of hydrogen-bond acceptors (Lipinski definition) is 4. The largest absolute Gasteiger partial charge is 0.329 e. The van der Waals surface area contributed by atoms with Crippen molar-refractivity contribution < 1.29 is 0 Å². The summed E-state index contributed by atoms with van der Waals surface area (Å²) in [7, 11) is 2.11. The number of rotatable bonds is 5. The number of nitrogens with zero attached hydrogens (tertiary/aromatic N) is 2. The van der Waals surface area contributed by atoms with Gasteiger partial charge in [0.1, 0.15) is 0 Å². The first-order valence-electron chi connectivity index (χ1n) is 6.19. The Morgan fingerprint density at radius 3 is 2.84 bits per heavy atom. The Morgan fingerprint density at radius 2 is 2.26 bits per heavy atom. The summed E-state index contributed by atoms with van der Waals surface area (Å²) in [5, 5.41) is 2.11. The highest BCUT2D eigenvalue weighted by Crippen LogP contribution is 2.30. The molecular formula is C14H18BrN3S. The summed E-state index contributed by atoms with van der Waals surface area (Å²) in [4.78, 5) is 7.88. The number of likely N-dealkylation sites (N-methyl/N-ethyl adjacent to an activating group) is 1. The molecule has 0 aromatic carbocycles. The summed E-state index contributed by atoms with van der Waals surface area (Å²) in [6.07, 6.45) is 3.68. The third-order valence-electron chi connectivity index (χ3n) is 3.39. The van der Waals surface area contributed by atoms with Crippen LogP contribution >= 0.6 is 27.3 Å². The highest BCUT2D eigenvalue weighted by Gasteiger charge is 2.22. The number of nitrogens with two attached hydrogens (primary N) is 1. The maximum Gasteiger partial charge on any atom is 0.0489 e. The lowest BCUT2D eigenvalue weighted by molar-refractivity contribution is 0.192. The number of hydrogen-bond donors (Lipinski definition) is 1. The van der Waals surface area contributed by atoms with E-state index in [1.54, 1.807) is 17.5 Å². The fourth-order valence-corrected chi connectivity index (χ4v) is 3.36. The van der Waals surface area contributed by atoms with Crippen LogP contribution in [0.2, 0.25) is 0 Å². The third kappa shape index (κ3) is 3.42. The molecule has 2 N–H and O–H groups in total. The van der Waals surface area contributed by atoms with Crippen LogP contribution in [0.5, 0.6) is 0 Å². The molecule has 0 fully saturated rings. The fourth-order valence-electron chi connectivity index (χ4n) is 2.15. The second kappa shape index (κ2) is 6.61. The Labute approximate surface area is 126 Å². The minimum atomic E-state index is 0.169. The van der Waals surface area contributed by atoms with Crippen LogP contribution in [0.4, 0.5) is 0 Å². The molecule has 0 radical (unpaired) electrons. The molecule has 5 heteroatoms. The highest BCUT2D eigenvalue weighted by atomic mass is 79.9. The molecule has 0 aliphatic heterocycles. The summed E-state index contributed by atoms with van der Waals surface area (Å²) >= 11 is 5.24. The molecule has 0 bridgehead atoms. The van der Waals surface area contributed by atoms with Crippen molar-refractivity contribution in [1.82, 2.24) is 9.88 Å². The van der Waals surface area contributed by atoms with Gasteiger partial charge in [-0.2, -0.15) is 0 Å². The van der Waals surface area contributed by atoms with Gasteiger partial charge in [0.25, 0.3) is 0 Å². The summed E-state index contributed by atoms with van der Waals surface area (Å²) in [5.74, 6) is 0. The molecule has 0 spiro atoms. The van der Waals surface area contributed by atoms with Crippen LogP contribution in [-0.2, 0) is 0 Å². The smallest absolute Gasteiger partial charge is 0.0489 e. The lowest BCUT2D eigenvalue weighted by Gasteiger charge is -2.32. The summed E-state index contributed by atoms with van der Waals surface area (Å²) in [6, 6.07) is 6.85. The zero-order valence-electron chi connectivity index (χ0n) is 11.1. The molecule has 2 rings (SSSR count). The van der Waals surface area contributed by atoms with E-state index in [2.05, 4.69) is 63.4 Å². The Morgan fingerprint density at radius 1 is 1.47 bits per heavy atom. The maximum absolute atomic E-state index is 5.97. The highest BCUT2D eigenvalue weighted by molar-refractivity contribution is 9.10. The van der Waals surface area contributed by atoms with Crippen molar-refractivity contribution in [1.29, 1.82) is 0 Å². The first kappa shape index (κ1) is 14.7. The van der Waals surface area contributed by atoms with Crippen molar-refractivity contribution in [3.05, 3.63) is 50.9 Å². The van der Waals surface area contributed by atoms with Crippen molar-refractivity contribution in [3.63, 3.8) is 0 Å². The molecule has 2 atom stereocenters. The molecule has 102 valence electrons. The van der Waals surface area contributed by atoms with E-state index in [9.17, 15) is 0 Å². The maximum atomic E-state index is 5.97. The predicted octanol–water partition coefficient (Wildman–Crippen LogP) is 3.60. The summed E-state index contributed by atoms with van der Waals surface area (Å²) in [6.45, 7) is 2.78. The van der Waals surface area contributed by atoms with E-state index in [0.717, 1.165) is 10.0 Å². The normalized spacial score (nSPS) is 14.6. The number of pyridine rings is 1. The van der Waals surface area contributed by atoms with E-state index in [-0.39, 0.29) is 6.04 Å². The minimum absolute atomic E-state index is 0.169. The van der Waals surface area contributed by atoms with Crippen LogP contribution in [0.1, 0.15) is 29.4 Å². The predicted molar refractivity (Wildman–Crippen MR) is 84.2 cm³/mol.